The van der Waals surface area contributed by atoms with Crippen LogP contribution in [0.5, 0.6) is 5.75 Å². The molecule has 0 atom stereocenters. The summed E-state index contributed by atoms with van der Waals surface area (Å²) >= 11 is 1.13. The van der Waals surface area contributed by atoms with Gasteiger partial charge in [-0.1, -0.05) is 30.0 Å². The van der Waals surface area contributed by atoms with E-state index in [0.717, 1.165) is 17.5 Å². The van der Waals surface area contributed by atoms with Crippen LogP contribution in [0.4, 0.5) is 0 Å². The van der Waals surface area contributed by atoms with Gasteiger partial charge in [-0.05, 0) is 19.1 Å². The van der Waals surface area contributed by atoms with Crippen LogP contribution in [0.15, 0.2) is 46.3 Å². The maximum absolute atomic E-state index is 11.6. The van der Waals surface area contributed by atoms with Crippen LogP contribution in [0.2, 0.25) is 0 Å². The minimum Gasteiger partial charge on any atom is -0.490 e. The fourth-order valence-electron chi connectivity index (χ4n) is 1.62. The predicted molar refractivity (Wildman–Crippen MR) is 83.2 cm³/mol. The van der Waals surface area contributed by atoms with E-state index in [-0.39, 0.29) is 23.9 Å². The first kappa shape index (κ1) is 16.1. The van der Waals surface area contributed by atoms with Crippen LogP contribution in [0.25, 0.3) is 0 Å². The number of aromatic amines is 1. The minimum atomic E-state index is -0.384. The number of rotatable bonds is 7. The van der Waals surface area contributed by atoms with Gasteiger partial charge in [0.15, 0.2) is 5.16 Å². The molecule has 1 heterocycles. The molecular formula is C15H16N2O4S. The quantitative estimate of drug-likeness (QED) is 0.362. The molecule has 0 saturated carbocycles. The zero-order valence-electron chi connectivity index (χ0n) is 12.1. The van der Waals surface area contributed by atoms with Crippen molar-refractivity contribution < 1.29 is 14.3 Å². The summed E-state index contributed by atoms with van der Waals surface area (Å²) in [5.74, 6) is 0.429. The van der Waals surface area contributed by atoms with Crippen LogP contribution < -0.4 is 10.3 Å². The second kappa shape index (κ2) is 8.23. The Balaban J connectivity index is 1.66. The normalized spacial score (nSPS) is 10.2. The van der Waals surface area contributed by atoms with Gasteiger partial charge in [-0.3, -0.25) is 9.59 Å². The van der Waals surface area contributed by atoms with Crippen molar-refractivity contribution in [3.05, 3.63) is 52.4 Å². The third-order valence-corrected chi connectivity index (χ3v) is 3.38. The lowest BCUT2D eigenvalue weighted by Crippen LogP contribution is -2.14. The van der Waals surface area contributed by atoms with Crippen LogP contribution in [-0.2, 0) is 9.53 Å². The molecule has 0 aliphatic carbocycles. The summed E-state index contributed by atoms with van der Waals surface area (Å²) < 4.78 is 10.4. The van der Waals surface area contributed by atoms with Crippen molar-refractivity contribution in [1.29, 1.82) is 0 Å². The number of aromatic nitrogens is 2. The van der Waals surface area contributed by atoms with Gasteiger partial charge in [-0.2, -0.15) is 0 Å². The van der Waals surface area contributed by atoms with Gasteiger partial charge in [-0.15, -0.1) is 0 Å². The van der Waals surface area contributed by atoms with E-state index in [1.807, 2.05) is 30.3 Å². The van der Waals surface area contributed by atoms with E-state index in [9.17, 15) is 9.59 Å². The molecule has 116 valence electrons. The Kier molecular flexibility index (Phi) is 6.02. The zero-order valence-corrected chi connectivity index (χ0v) is 12.9. The molecule has 22 heavy (non-hydrogen) atoms. The molecule has 0 saturated heterocycles. The first-order chi connectivity index (χ1) is 10.6. The van der Waals surface area contributed by atoms with Crippen molar-refractivity contribution in [1.82, 2.24) is 9.97 Å². The van der Waals surface area contributed by atoms with E-state index in [1.54, 1.807) is 6.92 Å². The zero-order chi connectivity index (χ0) is 15.8. The molecular weight excluding hydrogens is 304 g/mol. The topological polar surface area (TPSA) is 81.3 Å². The number of nitrogens with zero attached hydrogens (tertiary/aromatic N) is 1. The van der Waals surface area contributed by atoms with Crippen LogP contribution in [0.3, 0.4) is 0 Å². The molecule has 1 aromatic heterocycles. The number of hydrogen-bond donors (Lipinski definition) is 1. The number of H-pyrrole nitrogens is 1. The number of ether oxygens (including phenoxy) is 2. The molecule has 1 aromatic carbocycles. The maximum atomic E-state index is 11.6. The summed E-state index contributed by atoms with van der Waals surface area (Å²) in [5.41, 5.74) is 0.371. The maximum Gasteiger partial charge on any atom is 0.316 e. The largest absolute Gasteiger partial charge is 0.490 e. The number of nitrogens with one attached hydrogen (secondary N) is 1. The number of benzene rings is 1. The number of hydrogen-bond acceptors (Lipinski definition) is 6. The van der Waals surface area contributed by atoms with Gasteiger partial charge in [0.1, 0.15) is 19.0 Å². The molecule has 0 spiro atoms. The highest BCUT2D eigenvalue weighted by Crippen LogP contribution is 2.11. The van der Waals surface area contributed by atoms with Gasteiger partial charge in [0.2, 0.25) is 0 Å². The van der Waals surface area contributed by atoms with E-state index < -0.39 is 0 Å². The Hall–Kier alpha value is -2.28. The van der Waals surface area contributed by atoms with Crippen molar-refractivity contribution in [2.24, 2.45) is 0 Å². The van der Waals surface area contributed by atoms with Gasteiger partial charge in [0.05, 0.1) is 5.75 Å². The Labute approximate surface area is 131 Å². The molecule has 0 aliphatic heterocycles. The first-order valence-electron chi connectivity index (χ1n) is 6.68. The number of carbonyl (C=O) groups excluding carboxylic acids is 1. The number of aryl methyl sites for hydroxylation is 1. The van der Waals surface area contributed by atoms with Crippen molar-refractivity contribution in [2.45, 2.75) is 12.1 Å². The lowest BCUT2D eigenvalue weighted by atomic mass is 10.3. The molecule has 0 bridgehead atoms. The Morgan fingerprint density at radius 3 is 2.77 bits per heavy atom. The van der Waals surface area contributed by atoms with E-state index in [2.05, 4.69) is 9.97 Å². The average Bonchev–Trinajstić information content (AvgIpc) is 2.50. The van der Waals surface area contributed by atoms with Gasteiger partial charge < -0.3 is 14.5 Å². The van der Waals surface area contributed by atoms with Crippen LogP contribution in [0, 0.1) is 6.92 Å². The first-order valence-corrected chi connectivity index (χ1v) is 7.66. The smallest absolute Gasteiger partial charge is 0.316 e. The van der Waals surface area contributed by atoms with E-state index in [0.29, 0.717) is 17.5 Å². The van der Waals surface area contributed by atoms with Crippen molar-refractivity contribution in [3.8, 4) is 5.75 Å². The highest BCUT2D eigenvalue weighted by Gasteiger charge is 2.06. The molecule has 0 radical (unpaired) electrons. The summed E-state index contributed by atoms with van der Waals surface area (Å²) in [6.07, 6.45) is 0. The van der Waals surface area contributed by atoms with Crippen molar-refractivity contribution in [3.63, 3.8) is 0 Å². The Morgan fingerprint density at radius 1 is 1.27 bits per heavy atom. The van der Waals surface area contributed by atoms with Crippen LogP contribution in [0.1, 0.15) is 5.69 Å². The summed E-state index contributed by atoms with van der Waals surface area (Å²) in [5, 5.41) is 0.405. The van der Waals surface area contributed by atoms with Gasteiger partial charge >= 0.3 is 5.97 Å². The SMILES string of the molecule is Cc1cc(=O)[nH]c(SCC(=O)OCCOc2ccccc2)n1. The monoisotopic (exact) mass is 320 g/mol. The average molecular weight is 320 g/mol. The Morgan fingerprint density at radius 2 is 2.05 bits per heavy atom. The molecule has 1 N–H and O–H groups in total. The minimum absolute atomic E-state index is 0.0811. The second-order valence-electron chi connectivity index (χ2n) is 4.36. The van der Waals surface area contributed by atoms with Crippen molar-refractivity contribution in [2.75, 3.05) is 19.0 Å². The van der Waals surface area contributed by atoms with Gasteiger partial charge in [-0.25, -0.2) is 4.98 Å². The number of esters is 1. The molecule has 6 nitrogen and oxygen atoms in total. The lowest BCUT2D eigenvalue weighted by molar-refractivity contribution is -0.141. The van der Waals surface area contributed by atoms with E-state index >= 15 is 0 Å². The summed E-state index contributed by atoms with van der Waals surface area (Å²) in [7, 11) is 0. The van der Waals surface area contributed by atoms with E-state index in [4.69, 9.17) is 9.47 Å². The summed E-state index contributed by atoms with van der Waals surface area (Å²) in [4.78, 5) is 29.5. The van der Waals surface area contributed by atoms with Gasteiger partial charge in [0, 0.05) is 11.8 Å². The second-order valence-corrected chi connectivity index (χ2v) is 5.33. The van der Waals surface area contributed by atoms with Crippen LogP contribution >= 0.6 is 11.8 Å². The van der Waals surface area contributed by atoms with Gasteiger partial charge in [0.25, 0.3) is 5.56 Å². The molecule has 7 heteroatoms. The summed E-state index contributed by atoms with van der Waals surface area (Å²) in [6, 6.07) is 10.7. The molecule has 2 rings (SSSR count). The summed E-state index contributed by atoms with van der Waals surface area (Å²) in [6.45, 7) is 2.19. The van der Waals surface area contributed by atoms with E-state index in [1.165, 1.54) is 6.07 Å². The third-order valence-electron chi connectivity index (χ3n) is 2.53. The lowest BCUT2D eigenvalue weighted by Gasteiger charge is -2.07. The molecule has 2 aromatic rings. The third kappa shape index (κ3) is 5.61. The molecule has 0 fully saturated rings. The molecule has 0 aliphatic rings. The predicted octanol–water partition coefficient (Wildman–Crippen LogP) is 1.79. The standard InChI is InChI=1S/C15H16N2O4S/c1-11-9-13(18)17-15(16-11)22-10-14(19)21-8-7-20-12-5-3-2-4-6-12/h2-6,9H,7-8,10H2,1H3,(H,16,17,18). The highest BCUT2D eigenvalue weighted by atomic mass is 32.2. The fraction of sp³-hybridized carbons (Fsp3) is 0.267. The van der Waals surface area contributed by atoms with Crippen molar-refractivity contribution >= 4 is 17.7 Å². The molecule has 0 unspecified atom stereocenters. The number of para-hydroxylation sites is 1. The highest BCUT2D eigenvalue weighted by molar-refractivity contribution is 7.99. The molecule has 0 amide bonds. The van der Waals surface area contributed by atoms with Crippen LogP contribution in [-0.4, -0.2) is 34.9 Å². The Bertz CT molecular complexity index is 673. The number of carbonyl (C=O) groups is 1. The fourth-order valence-corrected chi connectivity index (χ4v) is 2.34. The number of thioether (sulfide) groups is 1.